The topological polar surface area (TPSA) is 56.3 Å². The highest BCUT2D eigenvalue weighted by Crippen LogP contribution is 2.41. The second kappa shape index (κ2) is 9.65. The number of hydrogen-bond donors (Lipinski definition) is 1. The molecule has 0 atom stereocenters. The summed E-state index contributed by atoms with van der Waals surface area (Å²) >= 11 is 3.22. The Morgan fingerprint density at radius 2 is 1.83 bits per heavy atom. The molecule has 0 aliphatic heterocycles. The molecule has 0 spiro atoms. The lowest BCUT2D eigenvalue weighted by Gasteiger charge is -2.15. The standard InChI is InChI=1S/C23H21N3O2S2/c1-16-14-30-23(25-16)26-22-21(28-18-9-4-3-5-10-18)20(12-13-24-22)29-15-17-8-6-7-11-19(17)27-2/h3-14H,15H2,1-2H3,(H,24,25,26). The summed E-state index contributed by atoms with van der Waals surface area (Å²) in [6.45, 7) is 1.97. The van der Waals surface area contributed by atoms with E-state index in [0.29, 0.717) is 11.6 Å². The third kappa shape index (κ3) is 4.93. The second-order valence-electron chi connectivity index (χ2n) is 6.42. The van der Waals surface area contributed by atoms with Gasteiger partial charge >= 0.3 is 0 Å². The van der Waals surface area contributed by atoms with Crippen LogP contribution in [0.2, 0.25) is 0 Å². The van der Waals surface area contributed by atoms with Crippen LogP contribution in [0.4, 0.5) is 10.9 Å². The van der Waals surface area contributed by atoms with Gasteiger partial charge in [-0.1, -0.05) is 36.4 Å². The molecule has 7 heteroatoms. The van der Waals surface area contributed by atoms with Gasteiger partial charge in [-0.15, -0.1) is 23.1 Å². The van der Waals surface area contributed by atoms with E-state index in [0.717, 1.165) is 38.5 Å². The number of aromatic nitrogens is 2. The van der Waals surface area contributed by atoms with E-state index in [1.54, 1.807) is 25.1 Å². The summed E-state index contributed by atoms with van der Waals surface area (Å²) in [7, 11) is 1.69. The van der Waals surface area contributed by atoms with Gasteiger partial charge in [0.15, 0.2) is 16.7 Å². The Hall–Kier alpha value is -3.03. The number of hydrogen-bond acceptors (Lipinski definition) is 7. The molecule has 1 N–H and O–H groups in total. The van der Waals surface area contributed by atoms with Crippen molar-refractivity contribution < 1.29 is 9.47 Å². The fourth-order valence-corrected chi connectivity index (χ4v) is 4.49. The van der Waals surface area contributed by atoms with Crippen LogP contribution in [0.3, 0.4) is 0 Å². The first kappa shape index (κ1) is 20.3. The molecule has 4 rings (SSSR count). The Morgan fingerprint density at radius 3 is 2.60 bits per heavy atom. The maximum atomic E-state index is 6.26. The number of thioether (sulfide) groups is 1. The lowest BCUT2D eigenvalue weighted by Crippen LogP contribution is -1.99. The molecule has 0 radical (unpaired) electrons. The van der Waals surface area contributed by atoms with Crippen LogP contribution >= 0.6 is 23.1 Å². The molecule has 0 aliphatic carbocycles. The lowest BCUT2D eigenvalue weighted by atomic mass is 10.2. The van der Waals surface area contributed by atoms with Crippen molar-refractivity contribution >= 4 is 34.0 Å². The predicted molar refractivity (Wildman–Crippen MR) is 123 cm³/mol. The van der Waals surface area contributed by atoms with Gasteiger partial charge in [0, 0.05) is 22.9 Å². The van der Waals surface area contributed by atoms with Crippen LogP contribution in [-0.2, 0) is 5.75 Å². The Balaban J connectivity index is 1.65. The number of rotatable bonds is 8. The number of anilines is 2. The zero-order valence-electron chi connectivity index (χ0n) is 16.7. The summed E-state index contributed by atoms with van der Waals surface area (Å²) in [5.41, 5.74) is 2.09. The van der Waals surface area contributed by atoms with Gasteiger partial charge in [0.25, 0.3) is 0 Å². The van der Waals surface area contributed by atoms with Gasteiger partial charge in [-0.05, 0) is 31.2 Å². The largest absolute Gasteiger partial charge is 0.496 e. The third-order valence-corrected chi connectivity index (χ3v) is 6.21. The maximum Gasteiger partial charge on any atom is 0.188 e. The van der Waals surface area contributed by atoms with Gasteiger partial charge in [-0.25, -0.2) is 9.97 Å². The highest BCUT2D eigenvalue weighted by Gasteiger charge is 2.16. The van der Waals surface area contributed by atoms with E-state index in [-0.39, 0.29) is 0 Å². The van der Waals surface area contributed by atoms with E-state index in [1.807, 2.05) is 66.9 Å². The number of benzene rings is 2. The molecule has 0 saturated heterocycles. The molecule has 0 amide bonds. The maximum absolute atomic E-state index is 6.26. The van der Waals surface area contributed by atoms with E-state index in [4.69, 9.17) is 9.47 Å². The molecule has 152 valence electrons. The van der Waals surface area contributed by atoms with Crippen molar-refractivity contribution in [1.29, 1.82) is 0 Å². The summed E-state index contributed by atoms with van der Waals surface area (Å²) in [6.07, 6.45) is 1.78. The molecule has 2 heterocycles. The molecule has 30 heavy (non-hydrogen) atoms. The second-order valence-corrected chi connectivity index (χ2v) is 8.30. The predicted octanol–water partition coefficient (Wildman–Crippen LogP) is 6.68. The summed E-state index contributed by atoms with van der Waals surface area (Å²) < 4.78 is 11.8. The molecule has 4 aromatic rings. The third-order valence-electron chi connectivity index (χ3n) is 4.25. The molecule has 5 nitrogen and oxygen atoms in total. The molecular weight excluding hydrogens is 414 g/mol. The van der Waals surface area contributed by atoms with Crippen molar-refractivity contribution in [2.45, 2.75) is 17.6 Å². The quantitative estimate of drug-likeness (QED) is 0.311. The summed E-state index contributed by atoms with van der Waals surface area (Å²) in [6, 6.07) is 19.7. The summed E-state index contributed by atoms with van der Waals surface area (Å²) in [5.74, 6) is 3.69. The Morgan fingerprint density at radius 1 is 1.03 bits per heavy atom. The monoisotopic (exact) mass is 435 g/mol. The van der Waals surface area contributed by atoms with Crippen molar-refractivity contribution in [2.24, 2.45) is 0 Å². The highest BCUT2D eigenvalue weighted by atomic mass is 32.2. The van der Waals surface area contributed by atoms with Gasteiger partial charge in [0.2, 0.25) is 0 Å². The number of thiazole rings is 1. The average Bonchev–Trinajstić information content (AvgIpc) is 3.19. The molecule has 0 saturated carbocycles. The van der Waals surface area contributed by atoms with Crippen molar-refractivity contribution in [3.05, 3.63) is 83.5 Å². The van der Waals surface area contributed by atoms with Crippen LogP contribution in [0.1, 0.15) is 11.3 Å². The van der Waals surface area contributed by atoms with Crippen LogP contribution in [0, 0.1) is 6.92 Å². The van der Waals surface area contributed by atoms with Crippen molar-refractivity contribution in [2.75, 3.05) is 12.4 Å². The number of pyridine rings is 1. The van der Waals surface area contributed by atoms with Crippen LogP contribution in [-0.4, -0.2) is 17.1 Å². The van der Waals surface area contributed by atoms with E-state index in [9.17, 15) is 0 Å². The first-order valence-electron chi connectivity index (χ1n) is 9.38. The smallest absolute Gasteiger partial charge is 0.188 e. The number of nitrogens with zero attached hydrogens (tertiary/aromatic N) is 2. The van der Waals surface area contributed by atoms with E-state index < -0.39 is 0 Å². The van der Waals surface area contributed by atoms with Crippen molar-refractivity contribution in [1.82, 2.24) is 9.97 Å². The molecule has 0 unspecified atom stereocenters. The minimum absolute atomic E-state index is 0.637. The highest BCUT2D eigenvalue weighted by molar-refractivity contribution is 7.98. The van der Waals surface area contributed by atoms with Gasteiger partial charge in [-0.3, -0.25) is 0 Å². The molecule has 0 fully saturated rings. The van der Waals surface area contributed by atoms with E-state index >= 15 is 0 Å². The van der Waals surface area contributed by atoms with Crippen molar-refractivity contribution in [3.8, 4) is 17.2 Å². The molecule has 0 aliphatic rings. The average molecular weight is 436 g/mol. The Labute approximate surface area is 184 Å². The van der Waals surface area contributed by atoms with Gasteiger partial charge < -0.3 is 14.8 Å². The molecule has 2 aromatic heterocycles. The summed E-state index contributed by atoms with van der Waals surface area (Å²) in [5, 5.41) is 6.09. The van der Waals surface area contributed by atoms with E-state index in [1.165, 1.54) is 11.3 Å². The Bertz CT molecular complexity index is 1120. The van der Waals surface area contributed by atoms with Crippen LogP contribution in [0.25, 0.3) is 0 Å². The van der Waals surface area contributed by atoms with Gasteiger partial charge in [0.05, 0.1) is 17.7 Å². The zero-order valence-corrected chi connectivity index (χ0v) is 18.3. The Kier molecular flexibility index (Phi) is 6.51. The number of aryl methyl sites for hydroxylation is 1. The van der Waals surface area contributed by atoms with E-state index in [2.05, 4.69) is 21.4 Å². The van der Waals surface area contributed by atoms with Gasteiger partial charge in [-0.2, -0.15) is 0 Å². The van der Waals surface area contributed by atoms with Crippen LogP contribution in [0.15, 0.2) is 77.1 Å². The van der Waals surface area contributed by atoms with Crippen molar-refractivity contribution in [3.63, 3.8) is 0 Å². The minimum atomic E-state index is 0.637. The minimum Gasteiger partial charge on any atom is -0.496 e. The normalized spacial score (nSPS) is 10.6. The lowest BCUT2D eigenvalue weighted by molar-refractivity contribution is 0.411. The number of nitrogens with one attached hydrogen (secondary N) is 1. The van der Waals surface area contributed by atoms with Gasteiger partial charge in [0.1, 0.15) is 11.5 Å². The number of methoxy groups -OCH3 is 1. The zero-order chi connectivity index (χ0) is 20.8. The number of ether oxygens (including phenoxy) is 2. The first-order valence-corrected chi connectivity index (χ1v) is 11.2. The molecular formula is C23H21N3O2S2. The fourth-order valence-electron chi connectivity index (χ4n) is 2.83. The van der Waals surface area contributed by atoms with Crippen LogP contribution < -0.4 is 14.8 Å². The SMILES string of the molecule is COc1ccccc1CSc1ccnc(Nc2nc(C)cs2)c1Oc1ccccc1. The fraction of sp³-hybridized carbons (Fsp3) is 0.130. The van der Waals surface area contributed by atoms with Crippen LogP contribution in [0.5, 0.6) is 17.2 Å². The number of para-hydroxylation sites is 2. The first-order chi connectivity index (χ1) is 14.7. The molecule has 0 bridgehead atoms. The molecule has 2 aromatic carbocycles. The summed E-state index contributed by atoms with van der Waals surface area (Å²) in [4.78, 5) is 9.99.